The molecule has 4 rings (SSSR count). The summed E-state index contributed by atoms with van der Waals surface area (Å²) in [6, 6.07) is 5.92. The number of ketones is 1. The Kier molecular flexibility index (Phi) is 3.64. The van der Waals surface area contributed by atoms with Crippen LogP contribution in [0, 0.1) is 19.8 Å². The summed E-state index contributed by atoms with van der Waals surface area (Å²) in [5, 5.41) is 4.01. The van der Waals surface area contributed by atoms with Crippen LogP contribution in [0.25, 0.3) is 0 Å². The van der Waals surface area contributed by atoms with E-state index in [-0.39, 0.29) is 11.8 Å². The second-order valence-electron chi connectivity index (χ2n) is 6.68. The van der Waals surface area contributed by atoms with Crippen LogP contribution in [0.4, 0.5) is 5.95 Å². The van der Waals surface area contributed by atoms with Crippen molar-refractivity contribution in [3.63, 3.8) is 0 Å². The second-order valence-corrected chi connectivity index (χ2v) is 7.66. The molecule has 0 saturated heterocycles. The van der Waals surface area contributed by atoms with E-state index in [4.69, 9.17) is 0 Å². The van der Waals surface area contributed by atoms with Crippen LogP contribution in [-0.4, -0.2) is 15.8 Å². The molecule has 2 aromatic heterocycles. The molecule has 0 radical (unpaired) electrons. The van der Waals surface area contributed by atoms with Crippen LogP contribution in [0.15, 0.2) is 34.8 Å². The van der Waals surface area contributed by atoms with Crippen molar-refractivity contribution in [2.45, 2.75) is 39.7 Å². The fourth-order valence-electron chi connectivity index (χ4n) is 3.58. The van der Waals surface area contributed by atoms with E-state index in [2.05, 4.69) is 28.4 Å². The zero-order valence-corrected chi connectivity index (χ0v) is 14.9. The van der Waals surface area contributed by atoms with Gasteiger partial charge in [-0.15, -0.1) is 11.3 Å². The van der Waals surface area contributed by atoms with Gasteiger partial charge >= 0.3 is 0 Å². The van der Waals surface area contributed by atoms with E-state index < -0.39 is 0 Å². The van der Waals surface area contributed by atoms with Gasteiger partial charge in [0.05, 0.1) is 0 Å². The van der Waals surface area contributed by atoms with Crippen molar-refractivity contribution in [2.75, 3.05) is 5.01 Å². The third kappa shape index (κ3) is 2.51. The minimum atomic E-state index is -0.138. The van der Waals surface area contributed by atoms with Crippen LogP contribution in [0.1, 0.15) is 42.1 Å². The average Bonchev–Trinajstić information content (AvgIpc) is 3.12. The van der Waals surface area contributed by atoms with Gasteiger partial charge in [0.25, 0.3) is 0 Å². The van der Waals surface area contributed by atoms with Crippen LogP contribution < -0.4 is 10.4 Å². The van der Waals surface area contributed by atoms with Gasteiger partial charge < -0.3 is 0 Å². The molecule has 6 heteroatoms. The molecule has 2 aliphatic rings. The largest absolute Gasteiger partial charge is 0.299 e. The van der Waals surface area contributed by atoms with Crippen molar-refractivity contribution in [3.05, 3.63) is 51.1 Å². The SMILES string of the molecule is Cc1cc(C)nc(N2NC3=C(C(=O)C[C@H](C)C3)[C@H]2c2cccs2)n1. The molecule has 124 valence electrons. The first kappa shape index (κ1) is 15.3. The molecular formula is C18H20N4OS. The average molecular weight is 340 g/mol. The number of carbonyl (C=O) groups excluding carboxylic acids is 1. The molecule has 0 amide bonds. The number of thiophene rings is 1. The number of allylic oxidation sites excluding steroid dienone is 1. The van der Waals surface area contributed by atoms with Crippen LogP contribution >= 0.6 is 11.3 Å². The van der Waals surface area contributed by atoms with E-state index in [1.807, 2.05) is 36.4 Å². The Labute approximate surface area is 145 Å². The maximum atomic E-state index is 12.7. The molecular weight excluding hydrogens is 320 g/mol. The van der Waals surface area contributed by atoms with Crippen molar-refractivity contribution in [1.29, 1.82) is 0 Å². The number of aromatic nitrogens is 2. The predicted octanol–water partition coefficient (Wildman–Crippen LogP) is 3.47. The Hall–Kier alpha value is -2.21. The van der Waals surface area contributed by atoms with Gasteiger partial charge in [0.1, 0.15) is 6.04 Å². The molecule has 0 bridgehead atoms. The number of nitrogens with zero attached hydrogens (tertiary/aromatic N) is 3. The van der Waals surface area contributed by atoms with Crippen LogP contribution in [0.3, 0.4) is 0 Å². The molecule has 2 aromatic rings. The van der Waals surface area contributed by atoms with Gasteiger partial charge in [-0.1, -0.05) is 13.0 Å². The predicted molar refractivity (Wildman–Crippen MR) is 94.6 cm³/mol. The quantitative estimate of drug-likeness (QED) is 0.907. The lowest BCUT2D eigenvalue weighted by atomic mass is 9.85. The highest BCUT2D eigenvalue weighted by Crippen LogP contribution is 2.43. The minimum Gasteiger partial charge on any atom is -0.299 e. The number of Topliss-reactive ketones (excluding diaryl/α,β-unsaturated/α-hetero) is 1. The smallest absolute Gasteiger partial charge is 0.245 e. The molecule has 1 aliphatic carbocycles. The Bertz CT molecular complexity index is 807. The first-order valence-electron chi connectivity index (χ1n) is 8.20. The third-order valence-corrected chi connectivity index (χ3v) is 5.42. The molecule has 5 nitrogen and oxygen atoms in total. The Morgan fingerprint density at radius 3 is 2.67 bits per heavy atom. The van der Waals surface area contributed by atoms with Crippen LogP contribution in [-0.2, 0) is 4.79 Å². The highest BCUT2D eigenvalue weighted by atomic mass is 32.1. The van der Waals surface area contributed by atoms with Gasteiger partial charge in [0.2, 0.25) is 5.95 Å². The number of rotatable bonds is 2. The summed E-state index contributed by atoms with van der Waals surface area (Å²) in [6.45, 7) is 6.06. The van der Waals surface area contributed by atoms with Crippen molar-refractivity contribution < 1.29 is 4.79 Å². The highest BCUT2D eigenvalue weighted by molar-refractivity contribution is 7.10. The summed E-state index contributed by atoms with van der Waals surface area (Å²) < 4.78 is 0. The van der Waals surface area contributed by atoms with E-state index in [0.29, 0.717) is 18.3 Å². The fraction of sp³-hybridized carbons (Fsp3) is 0.389. The summed E-state index contributed by atoms with van der Waals surface area (Å²) in [4.78, 5) is 23.1. The normalized spacial score (nSPS) is 23.5. The summed E-state index contributed by atoms with van der Waals surface area (Å²) >= 11 is 1.66. The minimum absolute atomic E-state index is 0.138. The molecule has 0 fully saturated rings. The number of nitrogens with one attached hydrogen (secondary N) is 1. The van der Waals surface area contributed by atoms with E-state index in [0.717, 1.165) is 34.0 Å². The standard InChI is InChI=1S/C18H20N4OS/c1-10-7-13-16(14(23)8-10)17(15-5-4-6-24-15)22(21-13)18-19-11(2)9-12(3)20-18/h4-6,9-10,17,21H,7-8H2,1-3H3/t10-,17-/m1/s1. The molecule has 0 saturated carbocycles. The molecule has 24 heavy (non-hydrogen) atoms. The summed E-state index contributed by atoms with van der Waals surface area (Å²) in [6.07, 6.45) is 1.51. The van der Waals surface area contributed by atoms with Gasteiger partial charge in [-0.3, -0.25) is 10.2 Å². The van der Waals surface area contributed by atoms with Gasteiger partial charge in [0, 0.05) is 34.0 Å². The maximum absolute atomic E-state index is 12.7. The fourth-order valence-corrected chi connectivity index (χ4v) is 4.41. The van der Waals surface area contributed by atoms with Crippen molar-refractivity contribution in [2.24, 2.45) is 5.92 Å². The van der Waals surface area contributed by atoms with Crippen molar-refractivity contribution in [3.8, 4) is 0 Å². The monoisotopic (exact) mass is 340 g/mol. The number of hydrogen-bond acceptors (Lipinski definition) is 6. The molecule has 0 aromatic carbocycles. The van der Waals surface area contributed by atoms with E-state index >= 15 is 0 Å². The number of aryl methyl sites for hydroxylation is 2. The lowest BCUT2D eigenvalue weighted by molar-refractivity contribution is -0.117. The first-order valence-corrected chi connectivity index (χ1v) is 9.08. The summed E-state index contributed by atoms with van der Waals surface area (Å²) in [7, 11) is 0. The van der Waals surface area contributed by atoms with Gasteiger partial charge in [-0.25, -0.2) is 15.0 Å². The topological polar surface area (TPSA) is 58.1 Å². The van der Waals surface area contributed by atoms with Crippen LogP contribution in [0.2, 0.25) is 0 Å². The van der Waals surface area contributed by atoms with Crippen molar-refractivity contribution in [1.82, 2.24) is 15.4 Å². The molecule has 1 N–H and O–H groups in total. The lowest BCUT2D eigenvalue weighted by Crippen LogP contribution is -2.36. The second kappa shape index (κ2) is 5.70. The Morgan fingerprint density at radius 1 is 1.25 bits per heavy atom. The molecule has 0 spiro atoms. The number of hydrogen-bond donors (Lipinski definition) is 1. The van der Waals surface area contributed by atoms with Gasteiger partial charge in [-0.2, -0.15) is 0 Å². The molecule has 2 atom stereocenters. The number of anilines is 1. The van der Waals surface area contributed by atoms with Crippen LogP contribution in [0.5, 0.6) is 0 Å². The summed E-state index contributed by atoms with van der Waals surface area (Å²) in [5.74, 6) is 1.23. The Balaban J connectivity index is 1.82. The maximum Gasteiger partial charge on any atom is 0.245 e. The van der Waals surface area contributed by atoms with E-state index in [9.17, 15) is 4.79 Å². The van der Waals surface area contributed by atoms with Crippen molar-refractivity contribution >= 4 is 23.1 Å². The Morgan fingerprint density at radius 2 is 2.00 bits per heavy atom. The summed E-state index contributed by atoms with van der Waals surface area (Å²) in [5.41, 5.74) is 7.20. The van der Waals surface area contributed by atoms with Gasteiger partial charge in [-0.05, 0) is 43.7 Å². The molecule has 1 aliphatic heterocycles. The molecule has 0 unspecified atom stereocenters. The first-order chi connectivity index (χ1) is 11.5. The lowest BCUT2D eigenvalue weighted by Gasteiger charge is -2.25. The number of hydrazine groups is 1. The molecule has 3 heterocycles. The zero-order valence-electron chi connectivity index (χ0n) is 14.0. The van der Waals surface area contributed by atoms with Gasteiger partial charge in [0.15, 0.2) is 5.78 Å². The van der Waals surface area contributed by atoms with E-state index in [1.54, 1.807) is 11.3 Å². The zero-order chi connectivity index (χ0) is 16.8. The third-order valence-electron chi connectivity index (χ3n) is 4.50. The highest BCUT2D eigenvalue weighted by Gasteiger charge is 2.42. The number of carbonyl (C=O) groups is 1. The van der Waals surface area contributed by atoms with E-state index in [1.165, 1.54) is 0 Å².